The summed E-state index contributed by atoms with van der Waals surface area (Å²) in [7, 11) is 1.83. The van der Waals surface area contributed by atoms with Crippen molar-refractivity contribution in [1.29, 1.82) is 0 Å². The molecule has 0 radical (unpaired) electrons. The lowest BCUT2D eigenvalue weighted by atomic mass is 10.1. The molecule has 0 fully saturated rings. The van der Waals surface area contributed by atoms with E-state index < -0.39 is 0 Å². The van der Waals surface area contributed by atoms with Crippen molar-refractivity contribution in [2.75, 3.05) is 11.1 Å². The average Bonchev–Trinajstić information content (AvgIpc) is 3.09. The Morgan fingerprint density at radius 1 is 1.16 bits per heavy atom. The van der Waals surface area contributed by atoms with Gasteiger partial charge in [-0.1, -0.05) is 29.5 Å². The Kier molecular flexibility index (Phi) is 7.71. The van der Waals surface area contributed by atoms with E-state index in [0.717, 1.165) is 20.4 Å². The van der Waals surface area contributed by atoms with Crippen molar-refractivity contribution >= 4 is 51.9 Å². The van der Waals surface area contributed by atoms with Gasteiger partial charge in [-0.15, -0.1) is 10.2 Å². The third-order valence-corrected chi connectivity index (χ3v) is 6.37. The van der Waals surface area contributed by atoms with Crippen LogP contribution in [0.2, 0.25) is 0 Å². The summed E-state index contributed by atoms with van der Waals surface area (Å²) in [5, 5.41) is 14.9. The molecule has 0 spiro atoms. The van der Waals surface area contributed by atoms with Gasteiger partial charge in [-0.3, -0.25) is 9.59 Å². The fourth-order valence-corrected chi connectivity index (χ4v) is 4.41. The molecule has 7 nitrogen and oxygen atoms in total. The first-order valence-corrected chi connectivity index (χ1v) is 11.8. The van der Waals surface area contributed by atoms with Gasteiger partial charge in [-0.25, -0.2) is 0 Å². The van der Waals surface area contributed by atoms with Gasteiger partial charge in [0, 0.05) is 21.9 Å². The Morgan fingerprint density at radius 3 is 2.65 bits per heavy atom. The molecule has 0 aliphatic rings. The highest BCUT2D eigenvalue weighted by atomic mass is 127. The molecule has 1 heterocycles. The molecule has 2 aromatic carbocycles. The maximum absolute atomic E-state index is 12.5. The van der Waals surface area contributed by atoms with Crippen LogP contribution in [0.5, 0.6) is 0 Å². The molecule has 0 aliphatic carbocycles. The summed E-state index contributed by atoms with van der Waals surface area (Å²) in [6.45, 7) is 5.77. The lowest BCUT2D eigenvalue weighted by Gasteiger charge is -2.14. The minimum atomic E-state index is -0.330. The van der Waals surface area contributed by atoms with E-state index in [4.69, 9.17) is 0 Å². The van der Waals surface area contributed by atoms with E-state index in [1.165, 1.54) is 11.8 Å². The molecule has 162 valence electrons. The van der Waals surface area contributed by atoms with Crippen LogP contribution in [0.15, 0.2) is 47.6 Å². The van der Waals surface area contributed by atoms with Crippen LogP contribution in [0.1, 0.15) is 40.3 Å². The standard InChI is InChI=1S/C22H24IN5O2S/c1-13-6-5-7-16(10-13)21(30)24-15(3)20-26-27-22(28(20)4)31-12-19(29)25-18-9-8-17(23)11-14(18)2/h5-11,15H,12H2,1-4H3,(H,24,30)(H,25,29)/t15-/m0/s1. The van der Waals surface area contributed by atoms with Crippen LogP contribution >= 0.6 is 34.4 Å². The monoisotopic (exact) mass is 549 g/mol. The highest BCUT2D eigenvalue weighted by molar-refractivity contribution is 14.1. The van der Waals surface area contributed by atoms with Gasteiger partial charge in [0.15, 0.2) is 11.0 Å². The largest absolute Gasteiger partial charge is 0.342 e. The van der Waals surface area contributed by atoms with Gasteiger partial charge >= 0.3 is 0 Å². The second-order valence-corrected chi connectivity index (χ2v) is 9.45. The van der Waals surface area contributed by atoms with Gasteiger partial charge in [0.25, 0.3) is 5.91 Å². The first-order valence-electron chi connectivity index (χ1n) is 9.70. The van der Waals surface area contributed by atoms with E-state index in [1.54, 1.807) is 10.6 Å². The fraction of sp³-hybridized carbons (Fsp3) is 0.273. The Morgan fingerprint density at radius 2 is 1.94 bits per heavy atom. The summed E-state index contributed by atoms with van der Waals surface area (Å²) in [4.78, 5) is 24.9. The number of benzene rings is 2. The lowest BCUT2D eigenvalue weighted by Crippen LogP contribution is -2.28. The van der Waals surface area contributed by atoms with Crippen LogP contribution in [-0.2, 0) is 11.8 Å². The summed E-state index contributed by atoms with van der Waals surface area (Å²) in [6, 6.07) is 13.0. The molecule has 3 aromatic rings. The van der Waals surface area contributed by atoms with E-state index in [2.05, 4.69) is 43.4 Å². The number of nitrogens with zero attached hydrogens (tertiary/aromatic N) is 3. The molecule has 0 bridgehead atoms. The highest BCUT2D eigenvalue weighted by Crippen LogP contribution is 2.21. The van der Waals surface area contributed by atoms with E-state index >= 15 is 0 Å². The lowest BCUT2D eigenvalue weighted by molar-refractivity contribution is -0.113. The molecular formula is C22H24IN5O2S. The summed E-state index contributed by atoms with van der Waals surface area (Å²) in [5.41, 5.74) is 3.45. The number of aryl methyl sites for hydroxylation is 2. The van der Waals surface area contributed by atoms with Gasteiger partial charge < -0.3 is 15.2 Å². The van der Waals surface area contributed by atoms with Gasteiger partial charge in [0.1, 0.15) is 0 Å². The van der Waals surface area contributed by atoms with Crippen LogP contribution in [0.4, 0.5) is 5.69 Å². The molecule has 9 heteroatoms. The SMILES string of the molecule is Cc1cccc(C(=O)N[C@@H](C)c2nnc(SCC(=O)Nc3ccc(I)cc3C)n2C)c1. The van der Waals surface area contributed by atoms with Crippen LogP contribution in [0.3, 0.4) is 0 Å². The van der Waals surface area contributed by atoms with Crippen LogP contribution in [-0.4, -0.2) is 32.3 Å². The maximum atomic E-state index is 12.5. The van der Waals surface area contributed by atoms with Crippen molar-refractivity contribution < 1.29 is 9.59 Å². The second kappa shape index (κ2) is 10.3. The zero-order chi connectivity index (χ0) is 22.5. The Labute approximate surface area is 199 Å². The molecule has 0 saturated carbocycles. The number of thioether (sulfide) groups is 1. The van der Waals surface area contributed by atoms with Gasteiger partial charge in [0.2, 0.25) is 5.91 Å². The summed E-state index contributed by atoms with van der Waals surface area (Å²) in [5.74, 6) is 0.555. The van der Waals surface area contributed by atoms with Crippen molar-refractivity contribution in [2.24, 2.45) is 7.05 Å². The highest BCUT2D eigenvalue weighted by Gasteiger charge is 2.19. The van der Waals surface area contributed by atoms with E-state index in [0.29, 0.717) is 16.5 Å². The Bertz CT molecular complexity index is 1120. The minimum Gasteiger partial charge on any atom is -0.342 e. The molecular weight excluding hydrogens is 525 g/mol. The second-order valence-electron chi connectivity index (χ2n) is 7.26. The molecule has 2 amide bonds. The Hall–Kier alpha value is -2.40. The molecule has 2 N–H and O–H groups in total. The first kappa shape index (κ1) is 23.3. The maximum Gasteiger partial charge on any atom is 0.251 e. The van der Waals surface area contributed by atoms with E-state index in [-0.39, 0.29) is 23.6 Å². The summed E-state index contributed by atoms with van der Waals surface area (Å²) < 4.78 is 2.92. The average molecular weight is 549 g/mol. The van der Waals surface area contributed by atoms with E-state index in [1.807, 2.05) is 64.2 Å². The molecule has 1 atom stereocenters. The molecule has 0 aliphatic heterocycles. The number of hydrogen-bond donors (Lipinski definition) is 2. The number of halogens is 1. The quantitative estimate of drug-likeness (QED) is 0.340. The first-order chi connectivity index (χ1) is 14.7. The third kappa shape index (κ3) is 6.07. The number of anilines is 1. The number of carbonyl (C=O) groups excluding carboxylic acids is 2. The van der Waals surface area contributed by atoms with E-state index in [9.17, 15) is 9.59 Å². The summed E-state index contributed by atoms with van der Waals surface area (Å²) in [6.07, 6.45) is 0. The zero-order valence-electron chi connectivity index (χ0n) is 17.8. The van der Waals surface area contributed by atoms with Crippen molar-refractivity contribution in [3.8, 4) is 0 Å². The molecule has 0 saturated heterocycles. The smallest absolute Gasteiger partial charge is 0.251 e. The van der Waals surface area contributed by atoms with Crippen molar-refractivity contribution in [3.05, 3.63) is 68.5 Å². The molecule has 3 rings (SSSR count). The number of carbonyl (C=O) groups is 2. The van der Waals surface area contributed by atoms with Crippen LogP contribution < -0.4 is 10.6 Å². The topological polar surface area (TPSA) is 88.9 Å². The number of amides is 2. The molecule has 1 aromatic heterocycles. The van der Waals surface area contributed by atoms with Crippen molar-refractivity contribution in [3.63, 3.8) is 0 Å². The third-order valence-electron chi connectivity index (χ3n) is 4.68. The number of rotatable bonds is 7. The minimum absolute atomic E-state index is 0.111. The number of nitrogens with one attached hydrogen (secondary N) is 2. The normalized spacial score (nSPS) is 11.8. The number of hydrogen-bond acceptors (Lipinski definition) is 5. The van der Waals surface area contributed by atoms with Gasteiger partial charge in [0.05, 0.1) is 11.8 Å². The van der Waals surface area contributed by atoms with Crippen molar-refractivity contribution in [2.45, 2.75) is 32.0 Å². The summed E-state index contributed by atoms with van der Waals surface area (Å²) >= 11 is 3.54. The zero-order valence-corrected chi connectivity index (χ0v) is 20.7. The molecule has 31 heavy (non-hydrogen) atoms. The number of aromatic nitrogens is 3. The van der Waals surface area contributed by atoms with Gasteiger partial charge in [-0.2, -0.15) is 0 Å². The van der Waals surface area contributed by atoms with Crippen LogP contribution in [0.25, 0.3) is 0 Å². The van der Waals surface area contributed by atoms with Crippen LogP contribution in [0, 0.1) is 17.4 Å². The predicted octanol–water partition coefficient (Wildman–Crippen LogP) is 4.26. The predicted molar refractivity (Wildman–Crippen MR) is 131 cm³/mol. The fourth-order valence-electron chi connectivity index (χ4n) is 3.04. The van der Waals surface area contributed by atoms with Crippen molar-refractivity contribution in [1.82, 2.24) is 20.1 Å². The Balaban J connectivity index is 1.59. The molecule has 0 unspecified atom stereocenters. The van der Waals surface area contributed by atoms with Gasteiger partial charge in [-0.05, 0) is 79.3 Å².